The Balaban J connectivity index is 1.80. The first-order chi connectivity index (χ1) is 13.9. The fourth-order valence-corrected chi connectivity index (χ4v) is 3.57. The summed E-state index contributed by atoms with van der Waals surface area (Å²) in [7, 11) is 0. The van der Waals surface area contributed by atoms with Gasteiger partial charge in [-0.2, -0.15) is 0 Å². The maximum absolute atomic E-state index is 13.0. The summed E-state index contributed by atoms with van der Waals surface area (Å²) < 4.78 is 24.2. The van der Waals surface area contributed by atoms with E-state index in [9.17, 15) is 14.0 Å². The molecule has 0 aromatic heterocycles. The molecule has 1 aliphatic rings. The molecule has 0 saturated carbocycles. The Bertz CT molecular complexity index is 992. The molecule has 0 radical (unpaired) electrons. The normalized spacial score (nSPS) is 16.2. The number of benzene rings is 2. The number of amides is 1. The van der Waals surface area contributed by atoms with Gasteiger partial charge in [0, 0.05) is 10.0 Å². The van der Waals surface area contributed by atoms with Gasteiger partial charge in [-0.25, -0.2) is 14.2 Å². The molecule has 2 aromatic carbocycles. The molecular formula is C20H16BrFN2O4S. The van der Waals surface area contributed by atoms with Gasteiger partial charge in [-0.15, -0.1) is 0 Å². The number of hydrogen-bond donors (Lipinski definition) is 1. The maximum Gasteiger partial charge on any atom is 0.344 e. The number of carbonyl (C=O) groups is 2. The van der Waals surface area contributed by atoms with E-state index in [1.54, 1.807) is 31.2 Å². The van der Waals surface area contributed by atoms with Gasteiger partial charge in [0.2, 0.25) is 0 Å². The van der Waals surface area contributed by atoms with Crippen molar-refractivity contribution >= 4 is 56.5 Å². The monoisotopic (exact) mass is 478 g/mol. The van der Waals surface area contributed by atoms with Crippen LogP contribution in [0.5, 0.6) is 5.75 Å². The molecule has 1 saturated heterocycles. The third kappa shape index (κ3) is 5.91. The lowest BCUT2D eigenvalue weighted by Crippen LogP contribution is -2.19. The smallest absolute Gasteiger partial charge is 0.344 e. The zero-order valence-corrected chi connectivity index (χ0v) is 17.7. The number of thioether (sulfide) groups is 1. The second-order valence-corrected chi connectivity index (χ2v) is 7.68. The van der Waals surface area contributed by atoms with E-state index in [0.29, 0.717) is 27.1 Å². The van der Waals surface area contributed by atoms with E-state index in [-0.39, 0.29) is 24.9 Å². The van der Waals surface area contributed by atoms with Crippen molar-refractivity contribution in [1.82, 2.24) is 5.32 Å². The molecule has 2 aromatic rings. The number of nitrogens with one attached hydrogen (secondary N) is 1. The topological polar surface area (TPSA) is 77.0 Å². The lowest BCUT2D eigenvalue weighted by atomic mass is 10.2. The number of aliphatic imine (C=N–C) groups is 1. The van der Waals surface area contributed by atoms with Crippen LogP contribution in [-0.2, 0) is 14.3 Å². The second-order valence-electron chi connectivity index (χ2n) is 5.73. The zero-order chi connectivity index (χ0) is 20.8. The Kier molecular flexibility index (Phi) is 7.05. The van der Waals surface area contributed by atoms with Gasteiger partial charge in [-0.3, -0.25) is 4.79 Å². The summed E-state index contributed by atoms with van der Waals surface area (Å²) in [5.41, 5.74) is 1.14. The van der Waals surface area contributed by atoms with Crippen molar-refractivity contribution in [2.75, 3.05) is 13.2 Å². The Morgan fingerprint density at radius 1 is 1.28 bits per heavy atom. The molecule has 1 amide bonds. The summed E-state index contributed by atoms with van der Waals surface area (Å²) in [6.07, 6.45) is 1.65. The van der Waals surface area contributed by atoms with Gasteiger partial charge in [0.05, 0.1) is 17.2 Å². The third-order valence-electron chi connectivity index (χ3n) is 3.62. The number of hydrogen-bond acceptors (Lipinski definition) is 6. The van der Waals surface area contributed by atoms with Crippen LogP contribution in [0, 0.1) is 5.82 Å². The quantitative estimate of drug-likeness (QED) is 0.491. The highest BCUT2D eigenvalue weighted by Crippen LogP contribution is 2.32. The van der Waals surface area contributed by atoms with Crippen LogP contribution in [0.4, 0.5) is 10.1 Å². The Morgan fingerprint density at radius 3 is 2.76 bits per heavy atom. The van der Waals surface area contributed by atoms with E-state index in [2.05, 4.69) is 26.2 Å². The van der Waals surface area contributed by atoms with Gasteiger partial charge in [0.1, 0.15) is 11.6 Å². The van der Waals surface area contributed by atoms with E-state index in [1.807, 2.05) is 0 Å². The standard InChI is InChI=1S/C20H16BrFN2O4S/c1-2-27-18(25)11-28-16-8-3-13(21)9-12(16)10-17-19(26)24-20(29-17)23-15-6-4-14(22)5-7-15/h3-10H,2,11H2,1H3,(H,23,24,26)/b17-10-. The lowest BCUT2D eigenvalue weighted by Gasteiger charge is -2.09. The molecule has 150 valence electrons. The zero-order valence-electron chi connectivity index (χ0n) is 15.3. The Hall–Kier alpha value is -2.65. The van der Waals surface area contributed by atoms with Crippen molar-refractivity contribution in [1.29, 1.82) is 0 Å². The molecule has 9 heteroatoms. The molecule has 6 nitrogen and oxygen atoms in total. The van der Waals surface area contributed by atoms with Crippen LogP contribution in [0.1, 0.15) is 12.5 Å². The number of esters is 1. The minimum atomic E-state index is -0.476. The molecule has 0 spiro atoms. The van der Waals surface area contributed by atoms with Crippen LogP contribution in [0.3, 0.4) is 0 Å². The van der Waals surface area contributed by atoms with Gasteiger partial charge in [-0.1, -0.05) is 15.9 Å². The molecule has 1 fully saturated rings. The van der Waals surface area contributed by atoms with Crippen LogP contribution < -0.4 is 10.1 Å². The fourth-order valence-electron chi connectivity index (χ4n) is 2.36. The maximum atomic E-state index is 13.0. The number of nitrogens with zero attached hydrogens (tertiary/aromatic N) is 1. The SMILES string of the molecule is CCOC(=O)COc1ccc(Br)cc1/C=C1\SC(=Nc2ccc(F)cc2)NC1=O. The molecule has 0 unspecified atom stereocenters. The fraction of sp³-hybridized carbons (Fsp3) is 0.150. The summed E-state index contributed by atoms with van der Waals surface area (Å²) in [6.45, 7) is 1.75. The molecule has 0 bridgehead atoms. The first-order valence-corrected chi connectivity index (χ1v) is 10.2. The molecule has 29 heavy (non-hydrogen) atoms. The Labute approximate surface area is 179 Å². The highest BCUT2D eigenvalue weighted by Gasteiger charge is 2.24. The van der Waals surface area contributed by atoms with Gasteiger partial charge in [0.15, 0.2) is 11.8 Å². The number of carbonyl (C=O) groups excluding carboxylic acids is 2. The summed E-state index contributed by atoms with van der Waals surface area (Å²) in [5, 5.41) is 3.06. The summed E-state index contributed by atoms with van der Waals surface area (Å²) in [6, 6.07) is 10.9. The number of halogens is 2. The van der Waals surface area contributed by atoms with Crippen LogP contribution in [0.25, 0.3) is 6.08 Å². The number of amidine groups is 1. The number of ether oxygens (including phenoxy) is 2. The van der Waals surface area contributed by atoms with E-state index in [4.69, 9.17) is 9.47 Å². The molecule has 1 aliphatic heterocycles. The molecule has 3 rings (SSSR count). The minimum absolute atomic E-state index is 0.234. The van der Waals surface area contributed by atoms with E-state index < -0.39 is 5.97 Å². The van der Waals surface area contributed by atoms with Gasteiger partial charge in [-0.05, 0) is 67.2 Å². The van der Waals surface area contributed by atoms with Gasteiger partial charge >= 0.3 is 5.97 Å². The molecule has 0 atom stereocenters. The predicted octanol–water partition coefficient (Wildman–Crippen LogP) is 4.42. The molecule has 1 heterocycles. The van der Waals surface area contributed by atoms with Crippen LogP contribution in [0.2, 0.25) is 0 Å². The molecule has 0 aliphatic carbocycles. The van der Waals surface area contributed by atoms with Crippen molar-refractivity contribution in [3.05, 3.63) is 63.2 Å². The summed E-state index contributed by atoms with van der Waals surface area (Å²) in [5.74, 6) is -0.711. The lowest BCUT2D eigenvalue weighted by molar-refractivity contribution is -0.145. The van der Waals surface area contributed by atoms with Crippen molar-refractivity contribution in [3.8, 4) is 5.75 Å². The van der Waals surface area contributed by atoms with E-state index >= 15 is 0 Å². The summed E-state index contributed by atoms with van der Waals surface area (Å²) >= 11 is 4.54. The van der Waals surface area contributed by atoms with Crippen LogP contribution >= 0.6 is 27.7 Å². The minimum Gasteiger partial charge on any atom is -0.481 e. The van der Waals surface area contributed by atoms with Crippen LogP contribution in [0.15, 0.2) is 56.8 Å². The molecule has 1 N–H and O–H groups in total. The van der Waals surface area contributed by atoms with E-state index in [1.165, 1.54) is 24.3 Å². The van der Waals surface area contributed by atoms with Crippen molar-refractivity contribution in [3.63, 3.8) is 0 Å². The number of rotatable bonds is 6. The van der Waals surface area contributed by atoms with Crippen molar-refractivity contribution in [2.24, 2.45) is 4.99 Å². The Morgan fingerprint density at radius 2 is 2.03 bits per heavy atom. The first kappa shape index (κ1) is 21.1. The largest absolute Gasteiger partial charge is 0.481 e. The van der Waals surface area contributed by atoms with E-state index in [0.717, 1.165) is 16.2 Å². The average molecular weight is 479 g/mol. The third-order valence-corrected chi connectivity index (χ3v) is 5.02. The second kappa shape index (κ2) is 9.71. The average Bonchev–Trinajstić information content (AvgIpc) is 3.02. The van der Waals surface area contributed by atoms with Crippen molar-refractivity contribution < 1.29 is 23.5 Å². The van der Waals surface area contributed by atoms with Crippen molar-refractivity contribution in [2.45, 2.75) is 6.92 Å². The molecular weight excluding hydrogens is 463 g/mol. The predicted molar refractivity (Wildman–Crippen MR) is 113 cm³/mol. The first-order valence-electron chi connectivity index (χ1n) is 8.57. The van der Waals surface area contributed by atoms with Gasteiger partial charge < -0.3 is 14.8 Å². The highest BCUT2D eigenvalue weighted by atomic mass is 79.9. The summed E-state index contributed by atoms with van der Waals surface area (Å²) in [4.78, 5) is 28.6. The highest BCUT2D eigenvalue weighted by molar-refractivity contribution is 9.10. The van der Waals surface area contributed by atoms with Crippen LogP contribution in [-0.4, -0.2) is 30.3 Å². The van der Waals surface area contributed by atoms with Gasteiger partial charge in [0.25, 0.3) is 5.91 Å².